The summed E-state index contributed by atoms with van der Waals surface area (Å²) in [7, 11) is 1.71. The van der Waals surface area contributed by atoms with Gasteiger partial charge in [0.1, 0.15) is 6.10 Å². The van der Waals surface area contributed by atoms with Gasteiger partial charge < -0.3 is 14.9 Å². The molecular formula is C10H16N2O4. The molecule has 0 spiro atoms. The van der Waals surface area contributed by atoms with E-state index in [1.807, 2.05) is 0 Å². The molecule has 1 aromatic heterocycles. The quantitative estimate of drug-likeness (QED) is 0.690. The Balaban J connectivity index is 2.81. The summed E-state index contributed by atoms with van der Waals surface area (Å²) in [4.78, 5) is 11.2. The summed E-state index contributed by atoms with van der Waals surface area (Å²) in [5, 5.41) is 23.2. The van der Waals surface area contributed by atoms with E-state index in [1.165, 1.54) is 6.20 Å². The monoisotopic (exact) mass is 228 g/mol. The average molecular weight is 228 g/mol. The van der Waals surface area contributed by atoms with Gasteiger partial charge >= 0.3 is 5.97 Å². The van der Waals surface area contributed by atoms with E-state index in [2.05, 4.69) is 9.84 Å². The van der Waals surface area contributed by atoms with Gasteiger partial charge in [-0.1, -0.05) is 0 Å². The SMILES string of the molecule is CCOC(=O)C(O)C(O)c1cnn(C)c1C. The van der Waals surface area contributed by atoms with Crippen molar-refractivity contribution >= 4 is 5.97 Å². The third-order valence-corrected chi connectivity index (χ3v) is 2.42. The molecule has 0 bridgehead atoms. The van der Waals surface area contributed by atoms with E-state index in [1.54, 1.807) is 25.6 Å². The molecule has 0 aliphatic heterocycles. The molecule has 0 aliphatic rings. The number of aromatic nitrogens is 2. The van der Waals surface area contributed by atoms with Crippen molar-refractivity contribution in [3.05, 3.63) is 17.5 Å². The summed E-state index contributed by atoms with van der Waals surface area (Å²) < 4.78 is 6.17. The van der Waals surface area contributed by atoms with Crippen molar-refractivity contribution in [2.45, 2.75) is 26.1 Å². The predicted octanol–water partition coefficient (Wildman–Crippen LogP) is -0.314. The first-order chi connectivity index (χ1) is 7.49. The van der Waals surface area contributed by atoms with Gasteiger partial charge in [-0.15, -0.1) is 0 Å². The van der Waals surface area contributed by atoms with Gasteiger partial charge in [0.2, 0.25) is 0 Å². The summed E-state index contributed by atoms with van der Waals surface area (Å²) in [6, 6.07) is 0. The Labute approximate surface area is 93.5 Å². The molecule has 0 aromatic carbocycles. The van der Waals surface area contributed by atoms with Crippen LogP contribution in [-0.2, 0) is 16.6 Å². The minimum atomic E-state index is -1.58. The van der Waals surface area contributed by atoms with E-state index >= 15 is 0 Å². The number of aliphatic hydroxyl groups excluding tert-OH is 2. The molecule has 0 fully saturated rings. The fraction of sp³-hybridized carbons (Fsp3) is 0.600. The van der Waals surface area contributed by atoms with Gasteiger partial charge in [-0.2, -0.15) is 5.10 Å². The maximum atomic E-state index is 11.2. The number of aliphatic hydroxyl groups is 2. The molecule has 6 nitrogen and oxygen atoms in total. The third kappa shape index (κ3) is 2.40. The molecule has 1 rings (SSSR count). The van der Waals surface area contributed by atoms with Crippen LogP contribution < -0.4 is 0 Å². The lowest BCUT2D eigenvalue weighted by Crippen LogP contribution is -2.30. The average Bonchev–Trinajstić information content (AvgIpc) is 2.58. The Bertz CT molecular complexity index is 375. The van der Waals surface area contributed by atoms with Crippen molar-refractivity contribution in [3.63, 3.8) is 0 Å². The summed E-state index contributed by atoms with van der Waals surface area (Å²) >= 11 is 0. The second-order valence-corrected chi connectivity index (χ2v) is 3.45. The summed E-state index contributed by atoms with van der Waals surface area (Å²) in [6.45, 7) is 3.53. The molecule has 0 saturated carbocycles. The maximum absolute atomic E-state index is 11.2. The second-order valence-electron chi connectivity index (χ2n) is 3.45. The number of ether oxygens (including phenoxy) is 1. The zero-order chi connectivity index (χ0) is 12.3. The van der Waals surface area contributed by atoms with Gasteiger partial charge in [0.25, 0.3) is 0 Å². The molecule has 16 heavy (non-hydrogen) atoms. The molecule has 0 radical (unpaired) electrons. The topological polar surface area (TPSA) is 84.6 Å². The number of hydrogen-bond acceptors (Lipinski definition) is 5. The van der Waals surface area contributed by atoms with Crippen molar-refractivity contribution in [3.8, 4) is 0 Å². The zero-order valence-corrected chi connectivity index (χ0v) is 9.54. The third-order valence-electron chi connectivity index (χ3n) is 2.42. The highest BCUT2D eigenvalue weighted by Gasteiger charge is 2.29. The van der Waals surface area contributed by atoms with Crippen LogP contribution in [0.1, 0.15) is 24.3 Å². The number of nitrogens with zero attached hydrogens (tertiary/aromatic N) is 2. The van der Waals surface area contributed by atoms with Crippen LogP contribution in [0, 0.1) is 6.92 Å². The minimum Gasteiger partial charge on any atom is -0.464 e. The lowest BCUT2D eigenvalue weighted by Gasteiger charge is -2.15. The highest BCUT2D eigenvalue weighted by atomic mass is 16.5. The van der Waals surface area contributed by atoms with Crippen LogP contribution >= 0.6 is 0 Å². The molecule has 0 amide bonds. The van der Waals surface area contributed by atoms with E-state index in [4.69, 9.17) is 0 Å². The van der Waals surface area contributed by atoms with Crippen LogP contribution in [0.3, 0.4) is 0 Å². The van der Waals surface area contributed by atoms with Gasteiger partial charge in [0.15, 0.2) is 6.10 Å². The largest absolute Gasteiger partial charge is 0.464 e. The Hall–Kier alpha value is -1.40. The number of carbonyl (C=O) groups is 1. The highest BCUT2D eigenvalue weighted by molar-refractivity contribution is 5.75. The Kier molecular flexibility index (Phi) is 4.03. The number of carbonyl (C=O) groups excluding carboxylic acids is 1. The molecule has 2 atom stereocenters. The summed E-state index contributed by atoms with van der Waals surface area (Å²) in [6.07, 6.45) is -1.47. The Morgan fingerprint density at radius 3 is 2.69 bits per heavy atom. The van der Waals surface area contributed by atoms with E-state index in [0.717, 1.165) is 0 Å². The first-order valence-electron chi connectivity index (χ1n) is 5.00. The first-order valence-corrected chi connectivity index (χ1v) is 5.00. The molecule has 0 aliphatic carbocycles. The van der Waals surface area contributed by atoms with Crippen LogP contribution in [-0.4, -0.2) is 38.7 Å². The van der Waals surface area contributed by atoms with E-state index in [-0.39, 0.29) is 6.61 Å². The highest BCUT2D eigenvalue weighted by Crippen LogP contribution is 2.20. The number of esters is 1. The maximum Gasteiger partial charge on any atom is 0.338 e. The predicted molar refractivity (Wildman–Crippen MR) is 55.5 cm³/mol. The molecule has 1 aromatic rings. The molecule has 1 heterocycles. The smallest absolute Gasteiger partial charge is 0.338 e. The van der Waals surface area contributed by atoms with Crippen molar-refractivity contribution in [1.82, 2.24) is 9.78 Å². The number of hydrogen-bond donors (Lipinski definition) is 2. The first kappa shape index (κ1) is 12.7. The number of rotatable bonds is 4. The van der Waals surface area contributed by atoms with Crippen LogP contribution in [0.2, 0.25) is 0 Å². The minimum absolute atomic E-state index is 0.161. The van der Waals surface area contributed by atoms with Crippen molar-refractivity contribution < 1.29 is 19.7 Å². The van der Waals surface area contributed by atoms with E-state index in [9.17, 15) is 15.0 Å². The fourth-order valence-electron chi connectivity index (χ4n) is 1.33. The zero-order valence-electron chi connectivity index (χ0n) is 9.54. The normalized spacial score (nSPS) is 14.6. The van der Waals surface area contributed by atoms with Gasteiger partial charge in [0, 0.05) is 18.3 Å². The second kappa shape index (κ2) is 5.09. The van der Waals surface area contributed by atoms with Gasteiger partial charge in [-0.3, -0.25) is 4.68 Å². The Morgan fingerprint density at radius 2 is 2.25 bits per heavy atom. The standard InChI is InChI=1S/C10H16N2O4/c1-4-16-10(15)9(14)8(13)7-5-11-12(3)6(7)2/h5,8-9,13-14H,4H2,1-3H3. The number of aryl methyl sites for hydroxylation is 1. The molecule has 0 saturated heterocycles. The van der Waals surface area contributed by atoms with Crippen LogP contribution in [0.4, 0.5) is 0 Å². The van der Waals surface area contributed by atoms with E-state index in [0.29, 0.717) is 11.3 Å². The van der Waals surface area contributed by atoms with E-state index < -0.39 is 18.2 Å². The molecule has 2 unspecified atom stereocenters. The van der Waals surface area contributed by atoms with Gasteiger partial charge in [-0.25, -0.2) is 4.79 Å². The van der Waals surface area contributed by atoms with Crippen LogP contribution in [0.15, 0.2) is 6.20 Å². The fourth-order valence-corrected chi connectivity index (χ4v) is 1.33. The van der Waals surface area contributed by atoms with Gasteiger partial charge in [-0.05, 0) is 13.8 Å². The Morgan fingerprint density at radius 1 is 1.62 bits per heavy atom. The molecule has 6 heteroatoms. The van der Waals surface area contributed by atoms with Crippen LogP contribution in [0.25, 0.3) is 0 Å². The summed E-state index contributed by atoms with van der Waals surface area (Å²) in [5.41, 5.74) is 1.11. The lowest BCUT2D eigenvalue weighted by molar-refractivity contribution is -0.159. The summed E-state index contributed by atoms with van der Waals surface area (Å²) in [5.74, 6) is -0.835. The van der Waals surface area contributed by atoms with Crippen molar-refractivity contribution in [2.75, 3.05) is 6.61 Å². The van der Waals surface area contributed by atoms with Crippen LogP contribution in [0.5, 0.6) is 0 Å². The molecule has 2 N–H and O–H groups in total. The molecular weight excluding hydrogens is 212 g/mol. The molecule has 90 valence electrons. The lowest BCUT2D eigenvalue weighted by atomic mass is 10.1. The van der Waals surface area contributed by atoms with Crippen molar-refractivity contribution in [1.29, 1.82) is 0 Å². The van der Waals surface area contributed by atoms with Gasteiger partial charge in [0.05, 0.1) is 12.8 Å². The van der Waals surface area contributed by atoms with Crippen molar-refractivity contribution in [2.24, 2.45) is 7.05 Å².